The number of aromatic amines is 1. The zero-order chi connectivity index (χ0) is 16.5. The number of hydrogen-bond acceptors (Lipinski definition) is 1. The van der Waals surface area contributed by atoms with E-state index in [0.29, 0.717) is 13.0 Å². The van der Waals surface area contributed by atoms with E-state index in [1.165, 1.54) is 12.1 Å². The fourth-order valence-electron chi connectivity index (χ4n) is 2.92. The van der Waals surface area contributed by atoms with E-state index in [4.69, 9.17) is 0 Å². The zero-order valence-electron chi connectivity index (χ0n) is 12.9. The molecule has 0 saturated carbocycles. The Kier molecular flexibility index (Phi) is 3.54. The van der Waals surface area contributed by atoms with Crippen LogP contribution in [0.4, 0.5) is 10.1 Å². The molecule has 0 spiro atoms. The van der Waals surface area contributed by atoms with Crippen molar-refractivity contribution in [1.29, 1.82) is 0 Å². The molecular weight excluding hydrogens is 305 g/mol. The first-order valence-electron chi connectivity index (χ1n) is 7.80. The number of carbonyl (C=O) groups is 1. The third-order valence-electron chi connectivity index (χ3n) is 4.15. The number of rotatable bonds is 4. The maximum atomic E-state index is 13.4. The molecule has 0 aliphatic carbocycles. The lowest BCUT2D eigenvalue weighted by atomic mass is 10.2. The molecule has 4 aromatic rings. The number of aryl methyl sites for hydroxylation is 1. The topological polar surface area (TPSA) is 49.8 Å². The molecule has 2 aromatic carbocycles. The van der Waals surface area contributed by atoms with Crippen LogP contribution < -0.4 is 5.32 Å². The van der Waals surface area contributed by atoms with Crippen LogP contribution in [0.3, 0.4) is 0 Å². The van der Waals surface area contributed by atoms with Gasteiger partial charge in [-0.3, -0.25) is 4.79 Å². The number of H-pyrrole nitrogens is 1. The summed E-state index contributed by atoms with van der Waals surface area (Å²) in [6.45, 7) is 0.504. The summed E-state index contributed by atoms with van der Waals surface area (Å²) in [7, 11) is 0. The molecule has 4 nitrogen and oxygen atoms in total. The number of hydrogen-bond donors (Lipinski definition) is 2. The highest BCUT2D eigenvalue weighted by Crippen LogP contribution is 2.19. The van der Waals surface area contributed by atoms with Crippen LogP contribution in [0, 0.1) is 5.82 Å². The summed E-state index contributed by atoms with van der Waals surface area (Å²) in [5.74, 6) is -0.342. The van der Waals surface area contributed by atoms with E-state index in [-0.39, 0.29) is 11.7 Å². The Balaban J connectivity index is 1.44. The van der Waals surface area contributed by atoms with E-state index >= 15 is 0 Å². The van der Waals surface area contributed by atoms with Crippen molar-refractivity contribution in [2.75, 3.05) is 5.32 Å². The van der Waals surface area contributed by atoms with Gasteiger partial charge in [0.1, 0.15) is 5.82 Å². The highest BCUT2D eigenvalue weighted by molar-refractivity contribution is 5.93. The van der Waals surface area contributed by atoms with Gasteiger partial charge in [-0.1, -0.05) is 6.07 Å². The van der Waals surface area contributed by atoms with Gasteiger partial charge in [-0.25, -0.2) is 4.39 Å². The lowest BCUT2D eigenvalue weighted by Gasteiger charge is -2.07. The first-order chi connectivity index (χ1) is 11.7. The van der Waals surface area contributed by atoms with E-state index < -0.39 is 0 Å². The van der Waals surface area contributed by atoms with Crippen molar-refractivity contribution in [3.05, 3.63) is 66.7 Å². The summed E-state index contributed by atoms with van der Waals surface area (Å²) in [5.41, 5.74) is 2.55. The number of aromatic nitrogens is 2. The van der Waals surface area contributed by atoms with Gasteiger partial charge in [0, 0.05) is 36.6 Å². The number of benzene rings is 2. The second-order valence-corrected chi connectivity index (χ2v) is 5.79. The first kappa shape index (κ1) is 14.5. The van der Waals surface area contributed by atoms with Gasteiger partial charge >= 0.3 is 0 Å². The second kappa shape index (κ2) is 5.85. The van der Waals surface area contributed by atoms with Crippen LogP contribution in [0.25, 0.3) is 21.8 Å². The predicted molar refractivity (Wildman–Crippen MR) is 93.4 cm³/mol. The van der Waals surface area contributed by atoms with E-state index in [1.54, 1.807) is 6.07 Å². The van der Waals surface area contributed by atoms with E-state index in [0.717, 1.165) is 27.5 Å². The predicted octanol–water partition coefficient (Wildman–Crippen LogP) is 4.29. The Labute approximate surface area is 137 Å². The second-order valence-electron chi connectivity index (χ2n) is 5.79. The van der Waals surface area contributed by atoms with Crippen molar-refractivity contribution in [2.24, 2.45) is 0 Å². The van der Waals surface area contributed by atoms with Gasteiger partial charge in [0.15, 0.2) is 0 Å². The SMILES string of the molecule is O=C(CCn1ccc2ccc(F)cc21)Nc1ccc2cc[nH]c2c1. The molecule has 0 saturated heterocycles. The summed E-state index contributed by atoms with van der Waals surface area (Å²) in [4.78, 5) is 15.3. The molecular formula is C19H16FN3O. The van der Waals surface area contributed by atoms with E-state index in [9.17, 15) is 9.18 Å². The molecule has 0 aliphatic rings. The van der Waals surface area contributed by atoms with Gasteiger partial charge in [-0.2, -0.15) is 0 Å². The van der Waals surface area contributed by atoms with E-state index in [2.05, 4.69) is 10.3 Å². The molecule has 0 radical (unpaired) electrons. The van der Waals surface area contributed by atoms with Crippen LogP contribution in [-0.2, 0) is 11.3 Å². The average Bonchev–Trinajstić information content (AvgIpc) is 3.18. The highest BCUT2D eigenvalue weighted by atomic mass is 19.1. The molecule has 0 unspecified atom stereocenters. The normalized spacial score (nSPS) is 11.2. The number of amides is 1. The van der Waals surface area contributed by atoms with Crippen molar-refractivity contribution in [3.8, 4) is 0 Å². The number of nitrogens with one attached hydrogen (secondary N) is 2. The Hall–Kier alpha value is -3.08. The standard InChI is InChI=1S/C19H16FN3O/c20-15-3-1-14-6-9-23(18(14)11-15)10-7-19(24)22-16-4-2-13-5-8-21-17(13)12-16/h1-6,8-9,11-12,21H,7,10H2,(H,22,24). The van der Waals surface area contributed by atoms with Crippen molar-refractivity contribution < 1.29 is 9.18 Å². The molecule has 0 aliphatic heterocycles. The Morgan fingerprint density at radius 2 is 1.96 bits per heavy atom. The first-order valence-corrected chi connectivity index (χ1v) is 7.80. The van der Waals surface area contributed by atoms with E-state index in [1.807, 2.05) is 47.3 Å². The summed E-state index contributed by atoms with van der Waals surface area (Å²) < 4.78 is 15.3. The van der Waals surface area contributed by atoms with Crippen molar-refractivity contribution in [2.45, 2.75) is 13.0 Å². The summed E-state index contributed by atoms with van der Waals surface area (Å²) in [6.07, 6.45) is 4.07. The fraction of sp³-hybridized carbons (Fsp3) is 0.105. The third-order valence-corrected chi connectivity index (χ3v) is 4.15. The molecule has 24 heavy (non-hydrogen) atoms. The minimum absolute atomic E-state index is 0.0702. The molecule has 1 amide bonds. The Bertz CT molecular complexity index is 1030. The lowest BCUT2D eigenvalue weighted by Crippen LogP contribution is -2.14. The summed E-state index contributed by atoms with van der Waals surface area (Å²) in [5, 5.41) is 4.97. The third kappa shape index (κ3) is 2.76. The molecule has 120 valence electrons. The minimum Gasteiger partial charge on any atom is -0.361 e. The maximum absolute atomic E-state index is 13.4. The van der Waals surface area contributed by atoms with Crippen LogP contribution in [0.2, 0.25) is 0 Å². The van der Waals surface area contributed by atoms with Gasteiger partial charge < -0.3 is 14.9 Å². The number of carbonyl (C=O) groups excluding carboxylic acids is 1. The number of fused-ring (bicyclic) bond motifs is 2. The van der Waals surface area contributed by atoms with Crippen LogP contribution in [0.5, 0.6) is 0 Å². The van der Waals surface area contributed by atoms with Gasteiger partial charge in [-0.15, -0.1) is 0 Å². The minimum atomic E-state index is -0.272. The molecule has 2 N–H and O–H groups in total. The summed E-state index contributed by atoms with van der Waals surface area (Å²) in [6, 6.07) is 14.3. The van der Waals surface area contributed by atoms with Crippen molar-refractivity contribution in [3.63, 3.8) is 0 Å². The van der Waals surface area contributed by atoms with Crippen LogP contribution in [0.1, 0.15) is 6.42 Å². The molecule has 2 aromatic heterocycles. The largest absolute Gasteiger partial charge is 0.361 e. The van der Waals surface area contributed by atoms with Gasteiger partial charge in [-0.05, 0) is 53.2 Å². The van der Waals surface area contributed by atoms with Crippen LogP contribution in [-0.4, -0.2) is 15.5 Å². The van der Waals surface area contributed by atoms with Gasteiger partial charge in [0.2, 0.25) is 5.91 Å². The summed E-state index contributed by atoms with van der Waals surface area (Å²) >= 11 is 0. The van der Waals surface area contributed by atoms with Gasteiger partial charge in [0.25, 0.3) is 0 Å². The molecule has 2 heterocycles. The fourth-order valence-corrected chi connectivity index (χ4v) is 2.92. The highest BCUT2D eigenvalue weighted by Gasteiger charge is 2.07. The van der Waals surface area contributed by atoms with Crippen LogP contribution >= 0.6 is 0 Å². The monoisotopic (exact) mass is 321 g/mol. The molecule has 0 bridgehead atoms. The Morgan fingerprint density at radius 1 is 1.08 bits per heavy atom. The molecule has 5 heteroatoms. The number of anilines is 1. The number of nitrogens with zero attached hydrogens (tertiary/aromatic N) is 1. The quantitative estimate of drug-likeness (QED) is 0.579. The smallest absolute Gasteiger partial charge is 0.226 e. The van der Waals surface area contributed by atoms with Crippen molar-refractivity contribution >= 4 is 33.4 Å². The maximum Gasteiger partial charge on any atom is 0.226 e. The van der Waals surface area contributed by atoms with Crippen molar-refractivity contribution in [1.82, 2.24) is 9.55 Å². The average molecular weight is 321 g/mol. The zero-order valence-corrected chi connectivity index (χ0v) is 12.9. The molecule has 0 fully saturated rings. The lowest BCUT2D eigenvalue weighted by molar-refractivity contribution is -0.116. The Morgan fingerprint density at radius 3 is 2.88 bits per heavy atom. The number of halogens is 1. The molecule has 0 atom stereocenters. The molecule has 4 rings (SSSR count). The van der Waals surface area contributed by atoms with Gasteiger partial charge in [0.05, 0.1) is 5.52 Å². The van der Waals surface area contributed by atoms with Crippen LogP contribution in [0.15, 0.2) is 60.9 Å².